The Morgan fingerprint density at radius 1 is 1.35 bits per heavy atom. The molecule has 2 N–H and O–H groups in total. The molecule has 1 aromatic carbocycles. The first kappa shape index (κ1) is 15.2. The molecule has 5 nitrogen and oxygen atoms in total. The van der Waals surface area contributed by atoms with Crippen LogP contribution in [0, 0.1) is 0 Å². The number of nitrogens with one attached hydrogen (secondary N) is 1. The Kier molecular flexibility index (Phi) is 4.32. The van der Waals surface area contributed by atoms with Crippen molar-refractivity contribution >= 4 is 52.4 Å². The van der Waals surface area contributed by atoms with E-state index in [0.717, 1.165) is 0 Å². The van der Waals surface area contributed by atoms with Crippen molar-refractivity contribution in [3.63, 3.8) is 0 Å². The van der Waals surface area contributed by atoms with Crippen molar-refractivity contribution in [3.05, 3.63) is 26.7 Å². The summed E-state index contributed by atoms with van der Waals surface area (Å²) in [6.07, 6.45) is 0.0205. The Hall–Kier alpha value is -1.17. The van der Waals surface area contributed by atoms with Gasteiger partial charge in [-0.1, -0.05) is 34.8 Å². The molecule has 0 aliphatic carbocycles. The molecule has 0 amide bonds. The Morgan fingerprint density at radius 2 is 2.00 bits per heavy atom. The van der Waals surface area contributed by atoms with Crippen LogP contribution in [-0.2, 0) is 14.3 Å². The van der Waals surface area contributed by atoms with E-state index in [1.807, 2.05) is 0 Å². The van der Waals surface area contributed by atoms with Crippen molar-refractivity contribution < 1.29 is 19.4 Å². The second-order valence-electron chi connectivity index (χ2n) is 4.29. The highest BCUT2D eigenvalue weighted by Gasteiger charge is 2.38. The second-order valence-corrected chi connectivity index (χ2v) is 5.46. The molecular formula is C12H10Cl3NO4. The summed E-state index contributed by atoms with van der Waals surface area (Å²) in [7, 11) is 1.23. The van der Waals surface area contributed by atoms with Crippen molar-refractivity contribution in [1.29, 1.82) is 0 Å². The van der Waals surface area contributed by atoms with Crippen molar-refractivity contribution in [2.24, 2.45) is 0 Å². The number of ether oxygens (including phenoxy) is 1. The number of anilines is 1. The molecule has 1 heterocycles. The van der Waals surface area contributed by atoms with E-state index in [0.29, 0.717) is 11.3 Å². The fourth-order valence-electron chi connectivity index (χ4n) is 2.19. The summed E-state index contributed by atoms with van der Waals surface area (Å²) in [4.78, 5) is 23.0. The summed E-state index contributed by atoms with van der Waals surface area (Å²) < 4.78 is 4.71. The number of fused-ring (bicyclic) bond motifs is 1. The van der Waals surface area contributed by atoms with Crippen LogP contribution in [0.5, 0.6) is 0 Å². The lowest BCUT2D eigenvalue weighted by Gasteiger charge is -2.30. The van der Waals surface area contributed by atoms with E-state index < -0.39 is 23.9 Å². The number of carboxylic acids is 1. The maximum Gasteiger partial charge on any atom is 0.326 e. The largest absolute Gasteiger partial charge is 0.480 e. The molecule has 108 valence electrons. The number of halogens is 3. The van der Waals surface area contributed by atoms with Crippen LogP contribution in [0.3, 0.4) is 0 Å². The van der Waals surface area contributed by atoms with Crippen molar-refractivity contribution in [2.45, 2.75) is 18.4 Å². The van der Waals surface area contributed by atoms with Crippen LogP contribution in [-0.4, -0.2) is 30.2 Å². The van der Waals surface area contributed by atoms with Crippen LogP contribution in [0.4, 0.5) is 5.69 Å². The number of carbonyl (C=O) groups is 2. The van der Waals surface area contributed by atoms with Gasteiger partial charge in [0.1, 0.15) is 6.04 Å². The minimum atomic E-state index is -1.08. The first-order chi connectivity index (χ1) is 9.36. The Balaban J connectivity index is 2.60. The van der Waals surface area contributed by atoms with Crippen molar-refractivity contribution in [1.82, 2.24) is 0 Å². The summed E-state index contributed by atoms with van der Waals surface area (Å²) in [5.41, 5.74) is 0.781. The molecule has 0 unspecified atom stereocenters. The van der Waals surface area contributed by atoms with Crippen LogP contribution >= 0.6 is 34.8 Å². The van der Waals surface area contributed by atoms with Crippen LogP contribution in [0.15, 0.2) is 6.07 Å². The topological polar surface area (TPSA) is 75.6 Å². The van der Waals surface area contributed by atoms with E-state index in [9.17, 15) is 9.59 Å². The van der Waals surface area contributed by atoms with Gasteiger partial charge in [-0.2, -0.15) is 0 Å². The van der Waals surface area contributed by atoms with Gasteiger partial charge in [0.05, 0.1) is 28.1 Å². The number of carboxylic acid groups (broad SMARTS) is 1. The molecule has 0 saturated carbocycles. The number of carbonyl (C=O) groups excluding carboxylic acids is 1. The van der Waals surface area contributed by atoms with Gasteiger partial charge in [0, 0.05) is 11.3 Å². The number of methoxy groups -OCH3 is 1. The third kappa shape index (κ3) is 2.53. The maximum atomic E-state index is 11.9. The highest BCUT2D eigenvalue weighted by molar-refractivity contribution is 6.48. The molecule has 20 heavy (non-hydrogen) atoms. The monoisotopic (exact) mass is 337 g/mol. The van der Waals surface area contributed by atoms with Gasteiger partial charge in [-0.15, -0.1) is 0 Å². The minimum absolute atomic E-state index is 0.0205. The Labute approximate surface area is 129 Å². The van der Waals surface area contributed by atoms with Gasteiger partial charge in [0.15, 0.2) is 0 Å². The lowest BCUT2D eigenvalue weighted by Crippen LogP contribution is -2.37. The smallest absolute Gasteiger partial charge is 0.326 e. The molecule has 0 aromatic heterocycles. The Bertz CT molecular complexity index is 591. The van der Waals surface area contributed by atoms with Crippen LogP contribution < -0.4 is 5.32 Å². The molecule has 0 spiro atoms. The van der Waals surface area contributed by atoms with Crippen LogP contribution in [0.25, 0.3) is 0 Å². The summed E-state index contributed by atoms with van der Waals surface area (Å²) in [5, 5.41) is 12.3. The zero-order chi connectivity index (χ0) is 15.0. The average molecular weight is 339 g/mol. The molecule has 1 aliphatic rings. The predicted octanol–water partition coefficient (Wildman–Crippen LogP) is 3.17. The highest BCUT2D eigenvalue weighted by atomic mass is 35.5. The van der Waals surface area contributed by atoms with Gasteiger partial charge in [-0.05, 0) is 12.5 Å². The van der Waals surface area contributed by atoms with E-state index >= 15 is 0 Å². The zero-order valence-corrected chi connectivity index (χ0v) is 12.5. The third-order valence-electron chi connectivity index (χ3n) is 3.13. The van der Waals surface area contributed by atoms with Gasteiger partial charge >= 0.3 is 11.9 Å². The summed E-state index contributed by atoms with van der Waals surface area (Å²) in [5.74, 6) is -2.45. The summed E-state index contributed by atoms with van der Waals surface area (Å²) >= 11 is 18.0. The molecule has 0 bridgehead atoms. The first-order valence-electron chi connectivity index (χ1n) is 5.61. The fourth-order valence-corrected chi connectivity index (χ4v) is 2.93. The zero-order valence-electron chi connectivity index (χ0n) is 10.2. The third-order valence-corrected chi connectivity index (χ3v) is 4.41. The quantitative estimate of drug-likeness (QED) is 0.640. The van der Waals surface area contributed by atoms with Crippen molar-refractivity contribution in [2.75, 3.05) is 12.4 Å². The molecule has 0 fully saturated rings. The molecule has 2 rings (SSSR count). The predicted molar refractivity (Wildman–Crippen MR) is 75.9 cm³/mol. The number of esters is 1. The summed E-state index contributed by atoms with van der Waals surface area (Å²) in [6, 6.07) is 0.524. The van der Waals surface area contributed by atoms with Crippen LogP contribution in [0.1, 0.15) is 17.9 Å². The number of hydrogen-bond acceptors (Lipinski definition) is 4. The molecule has 0 saturated heterocycles. The number of rotatable bonds is 2. The lowest BCUT2D eigenvalue weighted by molar-refractivity contribution is -0.143. The van der Waals surface area contributed by atoms with E-state index in [4.69, 9.17) is 44.6 Å². The Morgan fingerprint density at radius 3 is 2.55 bits per heavy atom. The van der Waals surface area contributed by atoms with E-state index in [2.05, 4.69) is 5.32 Å². The van der Waals surface area contributed by atoms with Gasteiger partial charge in [0.25, 0.3) is 0 Å². The van der Waals surface area contributed by atoms with E-state index in [1.165, 1.54) is 13.2 Å². The highest BCUT2D eigenvalue weighted by Crippen LogP contribution is 2.45. The van der Waals surface area contributed by atoms with Gasteiger partial charge < -0.3 is 15.2 Å². The second kappa shape index (κ2) is 5.68. The molecule has 1 aliphatic heterocycles. The van der Waals surface area contributed by atoms with Gasteiger partial charge in [-0.25, -0.2) is 4.79 Å². The fraction of sp³-hybridized carbons (Fsp3) is 0.333. The molecule has 8 heteroatoms. The minimum Gasteiger partial charge on any atom is -0.480 e. The van der Waals surface area contributed by atoms with E-state index in [-0.39, 0.29) is 21.5 Å². The number of hydrogen-bond donors (Lipinski definition) is 2. The first-order valence-corrected chi connectivity index (χ1v) is 6.74. The van der Waals surface area contributed by atoms with Crippen molar-refractivity contribution in [3.8, 4) is 0 Å². The number of aliphatic carboxylic acids is 1. The van der Waals surface area contributed by atoms with E-state index in [1.54, 1.807) is 0 Å². The molecular weight excluding hydrogens is 328 g/mol. The van der Waals surface area contributed by atoms with Gasteiger partial charge in [-0.3, -0.25) is 4.79 Å². The average Bonchev–Trinajstić information content (AvgIpc) is 2.42. The summed E-state index contributed by atoms with van der Waals surface area (Å²) in [6.45, 7) is 0. The standard InChI is InChI=1S/C12H10Cl3NO4/c1-20-12(19)4-2-7(11(17)18)16-6-3-5(13)9(14)10(15)8(4)6/h3-4,7,16H,2H2,1H3,(H,17,18)/t4-,7-/m0/s1. The lowest BCUT2D eigenvalue weighted by atomic mass is 9.87. The SMILES string of the molecule is COC(=O)[C@H]1C[C@@H](C(=O)O)Nc2cc(Cl)c(Cl)c(Cl)c21. The number of benzene rings is 1. The van der Waals surface area contributed by atoms with Crippen LogP contribution in [0.2, 0.25) is 15.1 Å². The van der Waals surface area contributed by atoms with Gasteiger partial charge in [0.2, 0.25) is 0 Å². The maximum absolute atomic E-state index is 11.9. The molecule has 2 atom stereocenters. The normalized spacial score (nSPS) is 20.8. The molecule has 0 radical (unpaired) electrons. The molecule has 1 aromatic rings.